The van der Waals surface area contributed by atoms with Gasteiger partial charge in [-0.3, -0.25) is 0 Å². The van der Waals surface area contributed by atoms with Crippen molar-refractivity contribution >= 4 is 0 Å². The summed E-state index contributed by atoms with van der Waals surface area (Å²) in [4.78, 5) is 9.67. The van der Waals surface area contributed by atoms with Crippen LogP contribution >= 0.6 is 0 Å². The molecule has 0 radical (unpaired) electrons. The van der Waals surface area contributed by atoms with Gasteiger partial charge in [-0.05, 0) is 29.9 Å². The first-order valence-corrected chi connectivity index (χ1v) is 8.78. The Labute approximate surface area is 173 Å². The molecule has 2 aromatic heterocycles. The maximum atomic E-state index is 4.84. The summed E-state index contributed by atoms with van der Waals surface area (Å²) in [5, 5.41) is 0. The van der Waals surface area contributed by atoms with E-state index in [4.69, 9.17) is 9.97 Å². The number of aromatic nitrogens is 2. The molecule has 0 unspecified atom stereocenters. The van der Waals surface area contributed by atoms with Crippen LogP contribution in [-0.4, -0.2) is 9.97 Å². The molecule has 0 fully saturated rings. The fourth-order valence-electron chi connectivity index (χ4n) is 3.39. The summed E-state index contributed by atoms with van der Waals surface area (Å²) in [6.07, 6.45) is 1.50. The first-order chi connectivity index (χ1) is 12.8. The van der Waals surface area contributed by atoms with Gasteiger partial charge in [0.2, 0.25) is 0 Å². The van der Waals surface area contributed by atoms with Crippen molar-refractivity contribution in [2.45, 2.75) is 12.8 Å². The minimum absolute atomic E-state index is 0. The molecule has 0 N–H and O–H groups in total. The molecule has 1 aliphatic heterocycles. The molecule has 0 amide bonds. The van der Waals surface area contributed by atoms with E-state index in [1.54, 1.807) is 0 Å². The number of nitrogens with zero attached hydrogens (tertiary/aromatic N) is 2. The zero-order valence-corrected chi connectivity index (χ0v) is 16.8. The third kappa shape index (κ3) is 3.77. The Morgan fingerprint density at radius 2 is 1.04 bits per heavy atom. The standard InChI is InChI=1S/C24H16N2.Pt/c1-5-17-13-18-6-2-8-20(15-18)24-12-4-10-22(26-24)16-21-9-3-11-23(25-21)19(7-1)14-17;/h1-12H,13,16H2;/q-2;+2. The van der Waals surface area contributed by atoms with Crippen LogP contribution in [0, 0.1) is 12.1 Å². The first-order valence-electron chi connectivity index (χ1n) is 8.78. The van der Waals surface area contributed by atoms with Crippen molar-refractivity contribution in [3.05, 3.63) is 107 Å². The van der Waals surface area contributed by atoms with E-state index in [9.17, 15) is 0 Å². The summed E-state index contributed by atoms with van der Waals surface area (Å²) in [5.41, 5.74) is 8.27. The second kappa shape index (κ2) is 7.58. The van der Waals surface area contributed by atoms with Gasteiger partial charge in [0, 0.05) is 17.8 Å². The van der Waals surface area contributed by atoms with E-state index in [1.165, 1.54) is 0 Å². The summed E-state index contributed by atoms with van der Waals surface area (Å²) in [6, 6.07) is 31.9. The summed E-state index contributed by atoms with van der Waals surface area (Å²) < 4.78 is 0. The molecule has 27 heavy (non-hydrogen) atoms. The molecule has 0 spiro atoms. The van der Waals surface area contributed by atoms with E-state index in [0.29, 0.717) is 6.42 Å². The van der Waals surface area contributed by atoms with Crippen LogP contribution in [0.15, 0.2) is 72.8 Å². The number of hydrogen-bond acceptors (Lipinski definition) is 2. The molecular formula is C24H16N2Pt. The maximum Gasteiger partial charge on any atom is 2.00 e. The van der Waals surface area contributed by atoms with Gasteiger partial charge in [-0.2, -0.15) is 0 Å². The molecule has 2 aromatic carbocycles. The van der Waals surface area contributed by atoms with Crippen molar-refractivity contribution in [1.82, 2.24) is 9.97 Å². The second-order valence-corrected chi connectivity index (χ2v) is 6.56. The predicted octanol–water partition coefficient (Wildman–Crippen LogP) is 4.90. The van der Waals surface area contributed by atoms with Crippen LogP contribution in [0.25, 0.3) is 22.5 Å². The zero-order valence-electron chi connectivity index (χ0n) is 14.6. The van der Waals surface area contributed by atoms with Gasteiger partial charge >= 0.3 is 21.1 Å². The van der Waals surface area contributed by atoms with E-state index in [0.717, 1.165) is 51.5 Å². The Morgan fingerprint density at radius 3 is 1.56 bits per heavy atom. The fraction of sp³-hybridized carbons (Fsp3) is 0.0833. The van der Waals surface area contributed by atoms with Gasteiger partial charge in [0.1, 0.15) is 0 Å². The van der Waals surface area contributed by atoms with Crippen LogP contribution in [0.1, 0.15) is 22.5 Å². The monoisotopic (exact) mass is 527 g/mol. The van der Waals surface area contributed by atoms with Gasteiger partial charge in [0.25, 0.3) is 0 Å². The minimum Gasteiger partial charge on any atom is -0.301 e. The van der Waals surface area contributed by atoms with Crippen molar-refractivity contribution in [3.63, 3.8) is 0 Å². The predicted molar refractivity (Wildman–Crippen MR) is 103 cm³/mol. The van der Waals surface area contributed by atoms with Crippen molar-refractivity contribution in [2.75, 3.05) is 0 Å². The quantitative estimate of drug-likeness (QED) is 0.268. The van der Waals surface area contributed by atoms with Crippen LogP contribution in [0.3, 0.4) is 0 Å². The Bertz CT molecular complexity index is 929. The van der Waals surface area contributed by atoms with Crippen molar-refractivity contribution in [2.24, 2.45) is 0 Å². The van der Waals surface area contributed by atoms with Gasteiger partial charge in [0.15, 0.2) is 0 Å². The molecule has 3 heterocycles. The van der Waals surface area contributed by atoms with E-state index >= 15 is 0 Å². The second-order valence-electron chi connectivity index (χ2n) is 6.56. The average Bonchev–Trinajstić information content (AvgIpc) is 2.68. The molecule has 8 bridgehead atoms. The Kier molecular flexibility index (Phi) is 5.00. The third-order valence-electron chi connectivity index (χ3n) is 4.62. The number of hydrogen-bond donors (Lipinski definition) is 0. The van der Waals surface area contributed by atoms with E-state index in [-0.39, 0.29) is 21.1 Å². The van der Waals surface area contributed by atoms with Crippen molar-refractivity contribution in [3.8, 4) is 22.5 Å². The normalized spacial score (nSPS) is 11.9. The van der Waals surface area contributed by atoms with Gasteiger partial charge in [-0.25, -0.2) is 0 Å². The Morgan fingerprint density at radius 1 is 0.556 bits per heavy atom. The van der Waals surface area contributed by atoms with Gasteiger partial charge in [-0.15, -0.1) is 70.8 Å². The van der Waals surface area contributed by atoms with Gasteiger partial charge < -0.3 is 9.97 Å². The summed E-state index contributed by atoms with van der Waals surface area (Å²) in [5.74, 6) is 0. The fourth-order valence-corrected chi connectivity index (χ4v) is 3.39. The van der Waals surface area contributed by atoms with Crippen LogP contribution in [-0.2, 0) is 33.9 Å². The molecule has 3 heteroatoms. The van der Waals surface area contributed by atoms with E-state index < -0.39 is 0 Å². The molecule has 0 saturated carbocycles. The number of rotatable bonds is 0. The largest absolute Gasteiger partial charge is 2.00 e. The molecule has 0 saturated heterocycles. The molecule has 4 aromatic rings. The van der Waals surface area contributed by atoms with Crippen LogP contribution in [0.5, 0.6) is 0 Å². The van der Waals surface area contributed by atoms with E-state index in [1.807, 2.05) is 12.1 Å². The van der Waals surface area contributed by atoms with Crippen LogP contribution in [0.2, 0.25) is 0 Å². The summed E-state index contributed by atoms with van der Waals surface area (Å²) in [7, 11) is 0. The number of fused-ring (bicyclic) bond motifs is 10. The SMILES string of the molecule is [Pt+2].[c-]1c2cccc1-c1cccc(n1)Cc1cccc(n1)-c1[c-]c(ccc1)C2. The van der Waals surface area contributed by atoms with Crippen molar-refractivity contribution in [1.29, 1.82) is 0 Å². The summed E-state index contributed by atoms with van der Waals surface area (Å²) in [6.45, 7) is 0. The molecule has 2 nitrogen and oxygen atoms in total. The molecule has 132 valence electrons. The molecule has 5 rings (SSSR count). The van der Waals surface area contributed by atoms with Gasteiger partial charge in [0.05, 0.1) is 0 Å². The number of benzene rings is 2. The van der Waals surface area contributed by atoms with E-state index in [2.05, 4.69) is 72.8 Å². The summed E-state index contributed by atoms with van der Waals surface area (Å²) >= 11 is 0. The topological polar surface area (TPSA) is 25.8 Å². The maximum absolute atomic E-state index is 4.84. The minimum atomic E-state index is 0. The van der Waals surface area contributed by atoms with Gasteiger partial charge in [-0.1, -0.05) is 24.3 Å². The molecule has 1 aliphatic rings. The van der Waals surface area contributed by atoms with Crippen LogP contribution < -0.4 is 0 Å². The Balaban J connectivity index is 0.00000180. The van der Waals surface area contributed by atoms with Crippen LogP contribution in [0.4, 0.5) is 0 Å². The van der Waals surface area contributed by atoms with Crippen molar-refractivity contribution < 1.29 is 21.1 Å². The zero-order chi connectivity index (χ0) is 17.3. The number of pyridine rings is 2. The first kappa shape index (κ1) is 17.8. The molecule has 0 atom stereocenters. The average molecular weight is 527 g/mol. The molecule has 0 aliphatic carbocycles. The Hall–Kier alpha value is -2.57. The molecular weight excluding hydrogens is 511 g/mol. The third-order valence-corrected chi connectivity index (χ3v) is 4.62. The smallest absolute Gasteiger partial charge is 0.301 e.